The predicted octanol–water partition coefficient (Wildman–Crippen LogP) is 10.6. The van der Waals surface area contributed by atoms with E-state index >= 15 is 0 Å². The number of halogens is 4. The van der Waals surface area contributed by atoms with Crippen LogP contribution >= 0.6 is 0 Å². The number of rotatable bonds is 14. The summed E-state index contributed by atoms with van der Waals surface area (Å²) in [5, 5.41) is 0. The van der Waals surface area contributed by atoms with Gasteiger partial charge >= 0.3 is 0 Å². The second-order valence-electron chi connectivity index (χ2n) is 11.2. The lowest BCUT2D eigenvalue weighted by atomic mass is 9.96. The van der Waals surface area contributed by atoms with Gasteiger partial charge in [-0.15, -0.1) is 0 Å². The number of unbranched alkanes of at least 4 members (excludes halogenated alkanes) is 4. The Bertz CT molecular complexity index is 1150. The molecule has 44 heavy (non-hydrogen) atoms. The Hall–Kier alpha value is -3.00. The topological polar surface area (TPSA) is 36.9 Å². The molecule has 4 nitrogen and oxygen atoms in total. The lowest BCUT2D eigenvalue weighted by Crippen LogP contribution is -2.18. The van der Waals surface area contributed by atoms with Crippen molar-refractivity contribution in [1.82, 2.24) is 0 Å². The van der Waals surface area contributed by atoms with Crippen LogP contribution in [0.25, 0.3) is 11.1 Å². The van der Waals surface area contributed by atoms with E-state index < -0.39 is 23.3 Å². The van der Waals surface area contributed by atoms with E-state index in [1.165, 1.54) is 37.8 Å². The summed E-state index contributed by atoms with van der Waals surface area (Å²) in [6.45, 7) is 8.76. The summed E-state index contributed by atoms with van der Waals surface area (Å²) in [6, 6.07) is 6.09. The normalized spacial score (nSPS) is 18.0. The molecule has 2 heterocycles. The van der Waals surface area contributed by atoms with Gasteiger partial charge in [0.2, 0.25) is 11.6 Å². The molecule has 0 saturated heterocycles. The molecular formula is C36H48F4O4. The molecule has 0 amide bonds. The van der Waals surface area contributed by atoms with Crippen molar-refractivity contribution >= 4 is 11.1 Å². The van der Waals surface area contributed by atoms with Gasteiger partial charge < -0.3 is 18.9 Å². The summed E-state index contributed by atoms with van der Waals surface area (Å²) in [5.74, 6) is -3.65. The fraction of sp³-hybridized carbons (Fsp3) is 0.556. The summed E-state index contributed by atoms with van der Waals surface area (Å²) in [5.41, 5.74) is 1.97. The smallest absolute Gasteiger partial charge is 0.201 e. The van der Waals surface area contributed by atoms with Crippen LogP contribution in [0.2, 0.25) is 0 Å². The van der Waals surface area contributed by atoms with Crippen LogP contribution in [0, 0.1) is 23.3 Å². The highest BCUT2D eigenvalue weighted by Gasteiger charge is 2.23. The molecule has 0 saturated carbocycles. The van der Waals surface area contributed by atoms with E-state index in [1.807, 2.05) is 6.08 Å². The van der Waals surface area contributed by atoms with E-state index in [4.69, 9.17) is 18.9 Å². The Morgan fingerprint density at radius 3 is 1.68 bits per heavy atom. The zero-order valence-corrected chi connectivity index (χ0v) is 26.7. The average molecular weight is 621 g/mol. The first-order valence-electron chi connectivity index (χ1n) is 16.2. The zero-order chi connectivity index (χ0) is 31.9. The number of hydrogen-bond donors (Lipinski definition) is 0. The maximum Gasteiger partial charge on any atom is 0.201 e. The molecule has 0 N–H and O–H groups in total. The molecule has 2 aromatic carbocycles. The van der Waals surface area contributed by atoms with Gasteiger partial charge in [-0.2, -0.15) is 8.78 Å². The highest BCUT2D eigenvalue weighted by molar-refractivity contribution is 5.68. The first-order valence-corrected chi connectivity index (χ1v) is 16.2. The van der Waals surface area contributed by atoms with Gasteiger partial charge in [-0.25, -0.2) is 8.78 Å². The summed E-state index contributed by atoms with van der Waals surface area (Å²) in [7, 11) is 0. The number of ether oxygens (including phenoxy) is 4. The van der Waals surface area contributed by atoms with Gasteiger partial charge in [0.25, 0.3) is 0 Å². The van der Waals surface area contributed by atoms with Gasteiger partial charge in [0, 0.05) is 11.1 Å². The van der Waals surface area contributed by atoms with Gasteiger partial charge in [-0.1, -0.05) is 52.0 Å². The van der Waals surface area contributed by atoms with Crippen LogP contribution in [0.4, 0.5) is 17.6 Å². The molecule has 0 aromatic heterocycles. The third-order valence-electron chi connectivity index (χ3n) is 7.88. The maximum atomic E-state index is 14.2. The van der Waals surface area contributed by atoms with Crippen molar-refractivity contribution in [3.63, 3.8) is 0 Å². The molecule has 2 unspecified atom stereocenters. The van der Waals surface area contributed by atoms with E-state index in [-0.39, 0.29) is 34.8 Å². The van der Waals surface area contributed by atoms with E-state index in [0.717, 1.165) is 38.5 Å². The first kappa shape index (κ1) is 35.5. The maximum absolute atomic E-state index is 14.2. The van der Waals surface area contributed by atoms with Crippen LogP contribution in [0.5, 0.6) is 11.5 Å². The van der Waals surface area contributed by atoms with Crippen LogP contribution in [-0.2, 0) is 9.47 Å². The fourth-order valence-corrected chi connectivity index (χ4v) is 5.37. The summed E-state index contributed by atoms with van der Waals surface area (Å²) in [6.07, 6.45) is 15.4. The van der Waals surface area contributed by atoms with Crippen molar-refractivity contribution in [3.05, 3.63) is 71.0 Å². The van der Waals surface area contributed by atoms with E-state index in [0.29, 0.717) is 37.4 Å². The molecule has 8 heteroatoms. The van der Waals surface area contributed by atoms with Crippen molar-refractivity contribution in [2.24, 2.45) is 0 Å². The molecule has 0 aliphatic carbocycles. The number of allylic oxidation sites excluding steroid dienone is 1. The Kier molecular flexibility index (Phi) is 15.1. The van der Waals surface area contributed by atoms with Crippen LogP contribution in [0.15, 0.2) is 36.6 Å². The van der Waals surface area contributed by atoms with Crippen LogP contribution in [0.3, 0.4) is 0 Å². The summed E-state index contributed by atoms with van der Waals surface area (Å²) in [4.78, 5) is 0. The van der Waals surface area contributed by atoms with Gasteiger partial charge in [0.05, 0.1) is 38.3 Å². The molecule has 0 radical (unpaired) electrons. The van der Waals surface area contributed by atoms with Crippen molar-refractivity contribution in [1.29, 1.82) is 0 Å². The SMILES string of the molecule is CCCCCC1CC=C(c2ccc(OCC)c(F)c2F)CO1.CCCCCC1CCC(c2ccc(OCC)c(F)c2F)=CO1. The van der Waals surface area contributed by atoms with Gasteiger partial charge in [-0.05, 0) is 87.8 Å². The minimum absolute atomic E-state index is 0.0430. The van der Waals surface area contributed by atoms with Gasteiger partial charge in [0.15, 0.2) is 23.1 Å². The monoisotopic (exact) mass is 620 g/mol. The Balaban J connectivity index is 0.000000240. The summed E-state index contributed by atoms with van der Waals surface area (Å²) >= 11 is 0. The lowest BCUT2D eigenvalue weighted by Gasteiger charge is -2.23. The van der Waals surface area contributed by atoms with Crippen molar-refractivity contribution in [2.45, 2.75) is 111 Å². The number of benzene rings is 2. The lowest BCUT2D eigenvalue weighted by molar-refractivity contribution is 0.0645. The van der Waals surface area contributed by atoms with Crippen molar-refractivity contribution < 1.29 is 36.5 Å². The van der Waals surface area contributed by atoms with Crippen LogP contribution in [0.1, 0.15) is 109 Å². The zero-order valence-electron chi connectivity index (χ0n) is 26.7. The molecule has 0 spiro atoms. The molecule has 0 fully saturated rings. The molecule has 0 bridgehead atoms. The molecule has 2 aromatic rings. The largest absolute Gasteiger partial charge is 0.498 e. The highest BCUT2D eigenvalue weighted by atomic mass is 19.2. The standard InChI is InChI=1S/2C18H24F2O2/c2*1-3-5-6-7-14-9-8-13(12-22-14)15-10-11-16(21-4-2)18(20)17(15)19/h10-12,14H,3-9H2,1-2H3;8,10-11,14H,3-7,9,12H2,1-2H3. The molecule has 2 atom stereocenters. The van der Waals surface area contributed by atoms with Gasteiger partial charge in [0.1, 0.15) is 0 Å². The molecular weight excluding hydrogens is 572 g/mol. The molecule has 2 aliphatic heterocycles. The Morgan fingerprint density at radius 2 is 1.23 bits per heavy atom. The number of hydrogen-bond acceptors (Lipinski definition) is 4. The minimum atomic E-state index is -0.926. The minimum Gasteiger partial charge on any atom is -0.498 e. The third kappa shape index (κ3) is 10.0. The second kappa shape index (κ2) is 18.7. The van der Waals surface area contributed by atoms with E-state index in [9.17, 15) is 17.6 Å². The first-order chi connectivity index (χ1) is 21.3. The predicted molar refractivity (Wildman–Crippen MR) is 168 cm³/mol. The quantitative estimate of drug-likeness (QED) is 0.156. The fourth-order valence-electron chi connectivity index (χ4n) is 5.37. The Labute approximate surface area is 260 Å². The highest BCUT2D eigenvalue weighted by Crippen LogP contribution is 2.33. The van der Waals surface area contributed by atoms with Gasteiger partial charge in [-0.3, -0.25) is 0 Å². The molecule has 244 valence electrons. The van der Waals surface area contributed by atoms with Crippen molar-refractivity contribution in [3.8, 4) is 11.5 Å². The Morgan fingerprint density at radius 1 is 0.682 bits per heavy atom. The average Bonchev–Trinajstić information content (AvgIpc) is 3.04. The van der Waals surface area contributed by atoms with E-state index in [1.54, 1.807) is 32.2 Å². The van der Waals surface area contributed by atoms with Crippen molar-refractivity contribution in [2.75, 3.05) is 19.8 Å². The molecule has 2 aliphatic rings. The third-order valence-corrected chi connectivity index (χ3v) is 7.88. The van der Waals surface area contributed by atoms with Crippen LogP contribution < -0.4 is 9.47 Å². The van der Waals surface area contributed by atoms with Crippen LogP contribution in [-0.4, -0.2) is 32.0 Å². The second-order valence-corrected chi connectivity index (χ2v) is 11.2. The van der Waals surface area contributed by atoms with E-state index in [2.05, 4.69) is 13.8 Å². The molecule has 4 rings (SSSR count). The summed E-state index contributed by atoms with van der Waals surface area (Å²) < 4.78 is 77.8.